The Morgan fingerprint density at radius 2 is 2.06 bits per heavy atom. The van der Waals surface area contributed by atoms with Gasteiger partial charge in [-0.15, -0.1) is 0 Å². The first-order chi connectivity index (χ1) is 8.86. The topological polar surface area (TPSA) is 39.7 Å². The van der Waals surface area contributed by atoms with Crippen molar-refractivity contribution < 1.29 is 14.2 Å². The summed E-state index contributed by atoms with van der Waals surface area (Å²) in [6.45, 7) is 3.89. The van der Waals surface area contributed by atoms with Crippen LogP contribution >= 0.6 is 15.9 Å². The fraction of sp³-hybridized carbons (Fsp3) is 0.538. The summed E-state index contributed by atoms with van der Waals surface area (Å²) in [5.74, 6) is 1.62. The highest BCUT2D eigenvalue weighted by molar-refractivity contribution is 9.10. The molecule has 1 aromatic rings. The van der Waals surface area contributed by atoms with E-state index in [0.29, 0.717) is 13.2 Å². The minimum Gasteiger partial charge on any atom is -0.490 e. The summed E-state index contributed by atoms with van der Waals surface area (Å²) in [5.41, 5.74) is 1.12. The summed E-state index contributed by atoms with van der Waals surface area (Å²) < 4.78 is 18.2. The van der Waals surface area contributed by atoms with Crippen LogP contribution < -0.4 is 14.8 Å². The molecule has 2 aliphatic heterocycles. The van der Waals surface area contributed by atoms with Crippen LogP contribution in [0.1, 0.15) is 18.1 Å². The van der Waals surface area contributed by atoms with Crippen LogP contribution in [-0.2, 0) is 4.74 Å². The Balaban J connectivity index is 1.93. The van der Waals surface area contributed by atoms with Crippen LogP contribution in [0.5, 0.6) is 11.5 Å². The van der Waals surface area contributed by atoms with E-state index in [0.717, 1.165) is 47.7 Å². The largest absolute Gasteiger partial charge is 0.490 e. The van der Waals surface area contributed by atoms with E-state index < -0.39 is 0 Å². The van der Waals surface area contributed by atoms with Gasteiger partial charge in [-0.05, 0) is 22.0 Å². The third-order valence-corrected chi connectivity index (χ3v) is 3.98. The first kappa shape index (κ1) is 12.3. The molecule has 1 aromatic carbocycles. The second kappa shape index (κ2) is 5.47. The molecule has 3 rings (SSSR count). The van der Waals surface area contributed by atoms with Gasteiger partial charge >= 0.3 is 0 Å². The molecule has 0 bridgehead atoms. The summed E-state index contributed by atoms with van der Waals surface area (Å²) >= 11 is 3.62. The summed E-state index contributed by atoms with van der Waals surface area (Å²) in [5, 5.41) is 3.34. The van der Waals surface area contributed by atoms with Crippen molar-refractivity contribution in [3.05, 3.63) is 22.2 Å². The van der Waals surface area contributed by atoms with Crippen LogP contribution in [0.4, 0.5) is 0 Å². The van der Waals surface area contributed by atoms with Gasteiger partial charge in [0.05, 0.1) is 30.4 Å². The number of rotatable bonds is 1. The van der Waals surface area contributed by atoms with Gasteiger partial charge in [0.2, 0.25) is 0 Å². The Bertz CT molecular complexity index is 432. The average Bonchev–Trinajstić information content (AvgIpc) is 2.66. The number of halogens is 1. The molecule has 1 N–H and O–H groups in total. The highest BCUT2D eigenvalue weighted by Gasteiger charge is 2.23. The van der Waals surface area contributed by atoms with E-state index in [9.17, 15) is 0 Å². The summed E-state index contributed by atoms with van der Waals surface area (Å²) in [6.07, 6.45) is 0.989. The Morgan fingerprint density at radius 3 is 2.89 bits per heavy atom. The lowest BCUT2D eigenvalue weighted by Gasteiger charge is -2.25. The molecule has 18 heavy (non-hydrogen) atoms. The molecule has 0 radical (unpaired) electrons. The Hall–Kier alpha value is -0.780. The van der Waals surface area contributed by atoms with E-state index in [1.807, 2.05) is 6.07 Å². The molecule has 0 amide bonds. The molecule has 1 fully saturated rings. The van der Waals surface area contributed by atoms with Crippen molar-refractivity contribution in [2.75, 3.05) is 32.9 Å². The standard InChI is InChI=1S/C13H16BrNO3/c14-12-9(11-8-15-4-7-17-11)2-3-10-13(12)18-6-1-5-16-10/h2-3,11,15H,1,4-8H2. The van der Waals surface area contributed by atoms with Crippen molar-refractivity contribution in [1.29, 1.82) is 0 Å². The molecule has 2 heterocycles. The molecule has 1 atom stereocenters. The number of benzene rings is 1. The third kappa shape index (κ3) is 2.35. The van der Waals surface area contributed by atoms with E-state index in [4.69, 9.17) is 14.2 Å². The summed E-state index contributed by atoms with van der Waals surface area (Å²) in [7, 11) is 0. The molecule has 0 aromatic heterocycles. The number of fused-ring (bicyclic) bond motifs is 1. The van der Waals surface area contributed by atoms with Crippen molar-refractivity contribution in [2.24, 2.45) is 0 Å². The Kier molecular flexibility index (Phi) is 3.72. The number of hydrogen-bond donors (Lipinski definition) is 1. The van der Waals surface area contributed by atoms with Crippen molar-refractivity contribution in [3.8, 4) is 11.5 Å². The predicted octanol–water partition coefficient (Wildman–Crippen LogP) is 2.27. The zero-order valence-corrected chi connectivity index (χ0v) is 11.7. The minimum absolute atomic E-state index is 0.0743. The molecule has 4 nitrogen and oxygen atoms in total. The number of hydrogen-bond acceptors (Lipinski definition) is 4. The molecule has 0 aliphatic carbocycles. The second-order valence-corrected chi connectivity index (χ2v) is 5.20. The van der Waals surface area contributed by atoms with Gasteiger partial charge in [-0.1, -0.05) is 6.07 Å². The Morgan fingerprint density at radius 1 is 1.17 bits per heavy atom. The molecule has 2 aliphatic rings. The van der Waals surface area contributed by atoms with Gasteiger partial charge in [0.15, 0.2) is 11.5 Å². The number of ether oxygens (including phenoxy) is 3. The maximum absolute atomic E-state index is 5.78. The molecular weight excluding hydrogens is 298 g/mol. The van der Waals surface area contributed by atoms with Crippen LogP contribution in [0.3, 0.4) is 0 Å². The van der Waals surface area contributed by atoms with Gasteiger partial charge in [0.25, 0.3) is 0 Å². The van der Waals surface area contributed by atoms with Gasteiger partial charge in [-0.3, -0.25) is 0 Å². The van der Waals surface area contributed by atoms with Crippen molar-refractivity contribution in [1.82, 2.24) is 5.32 Å². The molecule has 98 valence electrons. The number of morpholine rings is 1. The van der Waals surface area contributed by atoms with E-state index in [2.05, 4.69) is 27.3 Å². The lowest BCUT2D eigenvalue weighted by Crippen LogP contribution is -2.33. The first-order valence-corrected chi connectivity index (χ1v) is 7.06. The van der Waals surface area contributed by atoms with Gasteiger partial charge in [0, 0.05) is 25.1 Å². The second-order valence-electron chi connectivity index (χ2n) is 4.41. The van der Waals surface area contributed by atoms with Crippen LogP contribution in [0.15, 0.2) is 16.6 Å². The summed E-state index contributed by atoms with van der Waals surface area (Å²) in [4.78, 5) is 0. The predicted molar refractivity (Wildman–Crippen MR) is 71.3 cm³/mol. The monoisotopic (exact) mass is 313 g/mol. The number of nitrogens with one attached hydrogen (secondary N) is 1. The third-order valence-electron chi connectivity index (χ3n) is 3.16. The van der Waals surface area contributed by atoms with Gasteiger partial charge < -0.3 is 19.5 Å². The van der Waals surface area contributed by atoms with Gasteiger partial charge in [-0.25, -0.2) is 0 Å². The molecule has 5 heteroatoms. The maximum atomic E-state index is 5.78. The molecule has 0 saturated carbocycles. The van der Waals surface area contributed by atoms with Gasteiger partial charge in [-0.2, -0.15) is 0 Å². The smallest absolute Gasteiger partial charge is 0.175 e. The molecule has 0 spiro atoms. The molecular formula is C13H16BrNO3. The first-order valence-electron chi connectivity index (χ1n) is 6.26. The highest BCUT2D eigenvalue weighted by atomic mass is 79.9. The van der Waals surface area contributed by atoms with Crippen LogP contribution in [0.2, 0.25) is 0 Å². The Labute approximate surface area is 115 Å². The van der Waals surface area contributed by atoms with Crippen molar-refractivity contribution >= 4 is 15.9 Å². The van der Waals surface area contributed by atoms with Crippen molar-refractivity contribution in [2.45, 2.75) is 12.5 Å². The fourth-order valence-corrected chi connectivity index (χ4v) is 2.93. The SMILES string of the molecule is Brc1c(C2CNCCO2)ccc2c1OCCCO2. The molecule has 1 saturated heterocycles. The maximum Gasteiger partial charge on any atom is 0.175 e. The quantitative estimate of drug-likeness (QED) is 0.863. The van der Waals surface area contributed by atoms with E-state index >= 15 is 0 Å². The van der Waals surface area contributed by atoms with Crippen LogP contribution in [0, 0.1) is 0 Å². The molecule has 1 unspecified atom stereocenters. The summed E-state index contributed by atoms with van der Waals surface area (Å²) in [6, 6.07) is 4.02. The van der Waals surface area contributed by atoms with Crippen molar-refractivity contribution in [3.63, 3.8) is 0 Å². The van der Waals surface area contributed by atoms with E-state index in [1.165, 1.54) is 0 Å². The zero-order valence-electron chi connectivity index (χ0n) is 10.1. The fourth-order valence-electron chi connectivity index (χ4n) is 2.23. The van der Waals surface area contributed by atoms with Gasteiger partial charge in [0.1, 0.15) is 0 Å². The van der Waals surface area contributed by atoms with E-state index in [-0.39, 0.29) is 6.10 Å². The van der Waals surface area contributed by atoms with Crippen LogP contribution in [0.25, 0.3) is 0 Å². The lowest BCUT2D eigenvalue weighted by atomic mass is 10.1. The normalized spacial score (nSPS) is 23.5. The lowest BCUT2D eigenvalue weighted by molar-refractivity contribution is 0.0271. The van der Waals surface area contributed by atoms with E-state index in [1.54, 1.807) is 0 Å². The van der Waals surface area contributed by atoms with Crippen LogP contribution in [-0.4, -0.2) is 32.9 Å². The minimum atomic E-state index is 0.0743. The zero-order chi connectivity index (χ0) is 12.4. The highest BCUT2D eigenvalue weighted by Crippen LogP contribution is 2.42. The average molecular weight is 314 g/mol.